The number of carbonyl (C=O) groups excluding carboxylic acids is 1. The Bertz CT molecular complexity index is 1950. The molecule has 0 radical (unpaired) electrons. The van der Waals surface area contributed by atoms with E-state index in [1.807, 2.05) is 10.6 Å². The number of benzene rings is 4. The van der Waals surface area contributed by atoms with Crippen LogP contribution in [0.15, 0.2) is 66.7 Å². The van der Waals surface area contributed by atoms with Crippen LogP contribution in [0.5, 0.6) is 11.5 Å². The standard InChI is InChI=1S/C33H24F3N3O4/c1-18(40)20-7-9-28-29(14-20)39(10-11-41-2)31(38-28)15-21-13-27(36)24(16-25(21)34)22-4-3-5-30-32(22)43-33(42-30)23-8-6-19(17-37)12-26(23)35/h3-9,12-14,16,33H,10-11,15H2,1-2H3/t33-/m1/s1. The summed E-state index contributed by atoms with van der Waals surface area (Å²) in [6, 6.07) is 17.9. The second kappa shape index (κ2) is 11.3. The van der Waals surface area contributed by atoms with Crippen molar-refractivity contribution in [2.45, 2.75) is 26.2 Å². The summed E-state index contributed by atoms with van der Waals surface area (Å²) in [5.41, 5.74) is 2.32. The van der Waals surface area contributed by atoms with Crippen LogP contribution in [0, 0.1) is 28.8 Å². The number of hydrogen-bond acceptors (Lipinski definition) is 6. The van der Waals surface area contributed by atoms with E-state index in [1.165, 1.54) is 19.1 Å². The largest absolute Gasteiger partial charge is 0.447 e. The van der Waals surface area contributed by atoms with Crippen molar-refractivity contribution in [1.82, 2.24) is 9.55 Å². The second-order valence-electron chi connectivity index (χ2n) is 10.1. The Kier molecular flexibility index (Phi) is 7.34. The summed E-state index contributed by atoms with van der Waals surface area (Å²) >= 11 is 0. The minimum Gasteiger partial charge on any atom is -0.447 e. The van der Waals surface area contributed by atoms with Crippen molar-refractivity contribution in [3.8, 4) is 28.7 Å². The lowest BCUT2D eigenvalue weighted by molar-refractivity contribution is 0.0456. The van der Waals surface area contributed by atoms with E-state index in [4.69, 9.17) is 19.5 Å². The van der Waals surface area contributed by atoms with Gasteiger partial charge >= 0.3 is 0 Å². The maximum Gasteiger partial charge on any atom is 0.270 e. The molecule has 0 bridgehead atoms. The van der Waals surface area contributed by atoms with E-state index in [0.29, 0.717) is 35.6 Å². The Hall–Kier alpha value is -5.14. The summed E-state index contributed by atoms with van der Waals surface area (Å²) in [7, 11) is 1.56. The Morgan fingerprint density at radius 1 is 1.00 bits per heavy atom. The van der Waals surface area contributed by atoms with Crippen molar-refractivity contribution in [1.29, 1.82) is 5.26 Å². The van der Waals surface area contributed by atoms with E-state index in [1.54, 1.807) is 43.5 Å². The van der Waals surface area contributed by atoms with Crippen molar-refractivity contribution in [3.05, 3.63) is 112 Å². The molecule has 4 aromatic carbocycles. The number of methoxy groups -OCH3 is 1. The highest BCUT2D eigenvalue weighted by atomic mass is 19.1. The third kappa shape index (κ3) is 5.19. The molecule has 0 unspecified atom stereocenters. The quantitative estimate of drug-likeness (QED) is 0.185. The van der Waals surface area contributed by atoms with E-state index in [2.05, 4.69) is 4.98 Å². The van der Waals surface area contributed by atoms with Crippen LogP contribution in [-0.4, -0.2) is 29.1 Å². The van der Waals surface area contributed by atoms with Gasteiger partial charge in [0.1, 0.15) is 23.3 Å². The number of nitrogens with zero attached hydrogens (tertiary/aromatic N) is 3. The van der Waals surface area contributed by atoms with Crippen molar-refractivity contribution < 1.29 is 32.2 Å². The minimum atomic E-state index is -1.17. The van der Waals surface area contributed by atoms with Gasteiger partial charge in [0, 0.05) is 36.8 Å². The van der Waals surface area contributed by atoms with Crippen LogP contribution in [0.25, 0.3) is 22.2 Å². The zero-order valence-electron chi connectivity index (χ0n) is 23.2. The first-order chi connectivity index (χ1) is 20.8. The van der Waals surface area contributed by atoms with Crippen LogP contribution in [0.4, 0.5) is 13.2 Å². The topological polar surface area (TPSA) is 86.4 Å². The molecule has 43 heavy (non-hydrogen) atoms. The fourth-order valence-corrected chi connectivity index (χ4v) is 5.16. The fourth-order valence-electron chi connectivity index (χ4n) is 5.16. The van der Waals surface area contributed by atoms with Crippen LogP contribution in [-0.2, 0) is 17.7 Å². The number of imidazole rings is 1. The molecule has 1 atom stereocenters. The number of nitriles is 1. The van der Waals surface area contributed by atoms with Crippen LogP contribution in [0.2, 0.25) is 0 Å². The van der Waals surface area contributed by atoms with Gasteiger partial charge in [-0.25, -0.2) is 18.2 Å². The van der Waals surface area contributed by atoms with Crippen LogP contribution in [0.3, 0.4) is 0 Å². The van der Waals surface area contributed by atoms with E-state index < -0.39 is 23.7 Å². The lowest BCUT2D eigenvalue weighted by atomic mass is 10.00. The molecule has 1 aliphatic heterocycles. The van der Waals surface area contributed by atoms with Crippen LogP contribution < -0.4 is 9.47 Å². The number of rotatable bonds is 8. The molecule has 1 aromatic heterocycles. The predicted molar refractivity (Wildman–Crippen MR) is 151 cm³/mol. The van der Waals surface area contributed by atoms with Gasteiger partial charge in [-0.2, -0.15) is 5.26 Å². The van der Waals surface area contributed by atoms with Gasteiger partial charge < -0.3 is 18.8 Å². The molecule has 216 valence electrons. The monoisotopic (exact) mass is 583 g/mol. The van der Waals surface area contributed by atoms with Gasteiger partial charge in [-0.3, -0.25) is 4.79 Å². The van der Waals surface area contributed by atoms with E-state index in [9.17, 15) is 9.18 Å². The van der Waals surface area contributed by atoms with E-state index in [0.717, 1.165) is 18.2 Å². The first-order valence-corrected chi connectivity index (χ1v) is 13.4. The van der Waals surface area contributed by atoms with Crippen molar-refractivity contribution >= 4 is 16.8 Å². The third-order valence-corrected chi connectivity index (χ3v) is 7.35. The lowest BCUT2D eigenvalue weighted by Crippen LogP contribution is -2.10. The maximum atomic E-state index is 15.7. The Morgan fingerprint density at radius 2 is 1.84 bits per heavy atom. The Balaban J connectivity index is 1.33. The molecular weight excluding hydrogens is 559 g/mol. The predicted octanol–water partition coefficient (Wildman–Crippen LogP) is 6.90. The van der Waals surface area contributed by atoms with Gasteiger partial charge in [0.15, 0.2) is 17.3 Å². The summed E-state index contributed by atoms with van der Waals surface area (Å²) in [5.74, 6) is -1.26. The summed E-state index contributed by atoms with van der Waals surface area (Å²) in [4.78, 5) is 16.6. The Morgan fingerprint density at radius 3 is 2.58 bits per heavy atom. The van der Waals surface area contributed by atoms with Gasteiger partial charge in [0.25, 0.3) is 6.29 Å². The third-order valence-electron chi connectivity index (χ3n) is 7.35. The van der Waals surface area contributed by atoms with Gasteiger partial charge in [-0.05, 0) is 67.1 Å². The average molecular weight is 584 g/mol. The van der Waals surface area contributed by atoms with Crippen LogP contribution in [0.1, 0.15) is 46.1 Å². The number of carbonyl (C=O) groups is 1. The molecule has 0 fully saturated rings. The maximum absolute atomic E-state index is 15.7. The summed E-state index contributed by atoms with van der Waals surface area (Å²) < 4.78 is 64.7. The number of halogens is 3. The van der Waals surface area contributed by atoms with Gasteiger partial charge in [-0.1, -0.05) is 12.1 Å². The lowest BCUT2D eigenvalue weighted by Gasteiger charge is -2.13. The number of fused-ring (bicyclic) bond motifs is 2. The number of Topliss-reactive ketones (excluding diaryl/α,β-unsaturated/α-hetero) is 1. The van der Waals surface area contributed by atoms with Gasteiger partial charge in [0.05, 0.1) is 34.8 Å². The molecule has 10 heteroatoms. The molecule has 5 aromatic rings. The Labute approximate surface area is 244 Å². The zero-order chi connectivity index (χ0) is 30.2. The molecule has 0 N–H and O–H groups in total. The minimum absolute atomic E-state index is 0.0105. The highest BCUT2D eigenvalue weighted by Crippen LogP contribution is 2.47. The normalized spacial score (nSPS) is 13.8. The molecule has 7 nitrogen and oxygen atoms in total. The zero-order valence-corrected chi connectivity index (χ0v) is 23.2. The van der Waals surface area contributed by atoms with Crippen molar-refractivity contribution in [3.63, 3.8) is 0 Å². The SMILES string of the molecule is COCCn1c(Cc2cc(F)c(-c3cccc4c3O[C@H](c3ccc(C#N)cc3F)O4)cc2F)nc2ccc(C(C)=O)cc21. The molecule has 2 heterocycles. The average Bonchev–Trinajstić information content (AvgIpc) is 3.58. The molecule has 0 saturated heterocycles. The molecule has 0 amide bonds. The summed E-state index contributed by atoms with van der Waals surface area (Å²) in [5, 5.41) is 9.02. The van der Waals surface area contributed by atoms with E-state index in [-0.39, 0.29) is 51.5 Å². The molecule has 0 saturated carbocycles. The molecule has 1 aliphatic rings. The number of ether oxygens (including phenoxy) is 3. The first-order valence-electron chi connectivity index (χ1n) is 13.4. The smallest absolute Gasteiger partial charge is 0.270 e. The fraction of sp³-hybridized carbons (Fsp3) is 0.182. The number of ketones is 1. The molecule has 0 spiro atoms. The highest BCUT2D eigenvalue weighted by molar-refractivity contribution is 5.97. The molecular formula is C33H24F3N3O4. The highest BCUT2D eigenvalue weighted by Gasteiger charge is 2.31. The second-order valence-corrected chi connectivity index (χ2v) is 10.1. The number of hydrogen-bond donors (Lipinski definition) is 0. The van der Waals surface area contributed by atoms with Crippen molar-refractivity contribution in [2.75, 3.05) is 13.7 Å². The van der Waals surface area contributed by atoms with Gasteiger partial charge in [-0.15, -0.1) is 0 Å². The van der Waals surface area contributed by atoms with Gasteiger partial charge in [0.2, 0.25) is 0 Å². The van der Waals surface area contributed by atoms with E-state index >= 15 is 8.78 Å². The summed E-state index contributed by atoms with van der Waals surface area (Å²) in [6.07, 6.45) is -1.18. The van der Waals surface area contributed by atoms with Crippen LogP contribution >= 0.6 is 0 Å². The summed E-state index contributed by atoms with van der Waals surface area (Å²) in [6.45, 7) is 2.23. The molecule has 6 rings (SSSR count). The molecule has 0 aliphatic carbocycles. The van der Waals surface area contributed by atoms with Crippen molar-refractivity contribution in [2.24, 2.45) is 0 Å². The first kappa shape index (κ1) is 28.0. The number of aromatic nitrogens is 2. The number of para-hydroxylation sites is 1.